The third-order valence-corrected chi connectivity index (χ3v) is 7.54. The van der Waals surface area contributed by atoms with E-state index in [0.29, 0.717) is 12.1 Å². The predicted molar refractivity (Wildman–Crippen MR) is 130 cm³/mol. The van der Waals surface area contributed by atoms with Crippen LogP contribution in [0.15, 0.2) is 55.3 Å². The summed E-state index contributed by atoms with van der Waals surface area (Å²) in [5.74, 6) is 1.06. The van der Waals surface area contributed by atoms with Crippen LogP contribution in [0.5, 0.6) is 0 Å². The zero-order valence-corrected chi connectivity index (χ0v) is 19.2. The Hall–Kier alpha value is -2.50. The SMILES string of the molecule is C=CCN[C@]1(C)CC[C@@H](N(Cc2nc3ccccc3[nH]2)C2CCCc3cccnc32)CC1. The lowest BCUT2D eigenvalue weighted by Crippen LogP contribution is -2.50. The molecule has 168 valence electrons. The van der Waals surface area contributed by atoms with Crippen molar-refractivity contribution in [1.82, 2.24) is 25.2 Å². The third-order valence-electron chi connectivity index (χ3n) is 7.54. The first-order valence-electron chi connectivity index (χ1n) is 12.1. The lowest BCUT2D eigenvalue weighted by Gasteiger charge is -2.45. The van der Waals surface area contributed by atoms with E-state index in [0.717, 1.165) is 36.4 Å². The Bertz CT molecular complexity index is 1030. The van der Waals surface area contributed by atoms with Crippen LogP contribution in [-0.4, -0.2) is 38.0 Å². The fraction of sp³-hybridized carbons (Fsp3) is 0.481. The fourth-order valence-electron chi connectivity index (χ4n) is 5.72. The highest BCUT2D eigenvalue weighted by Crippen LogP contribution is 2.39. The number of nitrogens with zero attached hydrogens (tertiary/aromatic N) is 3. The van der Waals surface area contributed by atoms with E-state index in [1.807, 2.05) is 12.3 Å². The second-order valence-corrected chi connectivity index (χ2v) is 9.79. The quantitative estimate of drug-likeness (QED) is 0.500. The molecular weight excluding hydrogens is 394 g/mol. The first-order chi connectivity index (χ1) is 15.6. The molecule has 0 bridgehead atoms. The molecule has 5 rings (SSSR count). The highest BCUT2D eigenvalue weighted by atomic mass is 15.2. The highest BCUT2D eigenvalue weighted by Gasteiger charge is 2.37. The van der Waals surface area contributed by atoms with Crippen LogP contribution in [0, 0.1) is 0 Å². The minimum absolute atomic E-state index is 0.207. The molecule has 0 amide bonds. The van der Waals surface area contributed by atoms with E-state index >= 15 is 0 Å². The average Bonchev–Trinajstić information content (AvgIpc) is 3.24. The van der Waals surface area contributed by atoms with Crippen LogP contribution in [0.1, 0.15) is 68.6 Å². The number of pyridine rings is 1. The molecule has 32 heavy (non-hydrogen) atoms. The Kier molecular flexibility index (Phi) is 6.11. The number of aromatic amines is 1. The van der Waals surface area contributed by atoms with Crippen molar-refractivity contribution in [3.8, 4) is 0 Å². The van der Waals surface area contributed by atoms with Crippen LogP contribution in [0.2, 0.25) is 0 Å². The molecule has 5 heteroatoms. The van der Waals surface area contributed by atoms with Crippen LogP contribution < -0.4 is 5.32 Å². The fourth-order valence-corrected chi connectivity index (χ4v) is 5.72. The number of para-hydroxylation sites is 2. The highest BCUT2D eigenvalue weighted by molar-refractivity contribution is 5.74. The van der Waals surface area contributed by atoms with Gasteiger partial charge in [-0.25, -0.2) is 4.98 Å². The molecule has 2 aliphatic rings. The van der Waals surface area contributed by atoms with Crippen LogP contribution >= 0.6 is 0 Å². The van der Waals surface area contributed by atoms with Gasteiger partial charge in [-0.2, -0.15) is 0 Å². The lowest BCUT2D eigenvalue weighted by atomic mass is 9.79. The second kappa shape index (κ2) is 9.16. The van der Waals surface area contributed by atoms with Gasteiger partial charge in [0.25, 0.3) is 0 Å². The van der Waals surface area contributed by atoms with Crippen LogP contribution in [0.25, 0.3) is 11.0 Å². The van der Waals surface area contributed by atoms with Crippen molar-refractivity contribution in [1.29, 1.82) is 0 Å². The van der Waals surface area contributed by atoms with Gasteiger partial charge in [-0.05, 0) is 75.6 Å². The van der Waals surface area contributed by atoms with Crippen molar-refractivity contribution in [2.45, 2.75) is 76.0 Å². The van der Waals surface area contributed by atoms with Crippen LogP contribution in [0.4, 0.5) is 0 Å². The molecule has 0 spiro atoms. The Labute approximate surface area is 191 Å². The molecular formula is C27H35N5. The Morgan fingerprint density at radius 2 is 2.03 bits per heavy atom. The summed E-state index contributed by atoms with van der Waals surface area (Å²) in [6, 6.07) is 13.6. The number of hydrogen-bond acceptors (Lipinski definition) is 4. The summed E-state index contributed by atoms with van der Waals surface area (Å²) >= 11 is 0. The van der Waals surface area contributed by atoms with Crippen molar-refractivity contribution < 1.29 is 0 Å². The first-order valence-corrected chi connectivity index (χ1v) is 12.1. The maximum Gasteiger partial charge on any atom is 0.121 e. The number of rotatable bonds is 7. The smallest absolute Gasteiger partial charge is 0.121 e. The van der Waals surface area contributed by atoms with Gasteiger partial charge < -0.3 is 10.3 Å². The predicted octanol–water partition coefficient (Wildman–Crippen LogP) is 5.31. The van der Waals surface area contributed by atoms with Gasteiger partial charge in [0.1, 0.15) is 5.82 Å². The zero-order chi connectivity index (χ0) is 22.0. The lowest BCUT2D eigenvalue weighted by molar-refractivity contribution is 0.0596. The van der Waals surface area contributed by atoms with E-state index in [1.165, 1.54) is 49.8 Å². The number of aryl methyl sites for hydroxylation is 1. The van der Waals surface area contributed by atoms with Gasteiger partial charge in [-0.3, -0.25) is 9.88 Å². The maximum atomic E-state index is 4.93. The van der Waals surface area contributed by atoms with Gasteiger partial charge >= 0.3 is 0 Å². The Balaban J connectivity index is 1.42. The summed E-state index contributed by atoms with van der Waals surface area (Å²) in [5.41, 5.74) is 5.09. The number of fused-ring (bicyclic) bond motifs is 2. The van der Waals surface area contributed by atoms with Gasteiger partial charge in [0.05, 0.1) is 29.3 Å². The van der Waals surface area contributed by atoms with Crippen molar-refractivity contribution in [3.63, 3.8) is 0 Å². The molecule has 2 N–H and O–H groups in total. The molecule has 2 aromatic heterocycles. The summed E-state index contributed by atoms with van der Waals surface area (Å²) in [7, 11) is 0. The van der Waals surface area contributed by atoms with E-state index in [9.17, 15) is 0 Å². The molecule has 1 aromatic carbocycles. The molecule has 2 heterocycles. The van der Waals surface area contributed by atoms with Crippen molar-refractivity contribution in [2.24, 2.45) is 0 Å². The zero-order valence-electron chi connectivity index (χ0n) is 19.2. The summed E-state index contributed by atoms with van der Waals surface area (Å²) in [4.78, 5) is 16.1. The van der Waals surface area contributed by atoms with Gasteiger partial charge in [-0.1, -0.05) is 24.3 Å². The van der Waals surface area contributed by atoms with E-state index in [2.05, 4.69) is 65.1 Å². The summed E-state index contributed by atoms with van der Waals surface area (Å²) in [5, 5.41) is 3.70. The Morgan fingerprint density at radius 1 is 1.19 bits per heavy atom. The van der Waals surface area contributed by atoms with Crippen LogP contribution in [-0.2, 0) is 13.0 Å². The number of aromatic nitrogens is 3. The van der Waals surface area contributed by atoms with Gasteiger partial charge in [-0.15, -0.1) is 6.58 Å². The average molecular weight is 430 g/mol. The largest absolute Gasteiger partial charge is 0.341 e. The molecule has 0 aliphatic heterocycles. The van der Waals surface area contributed by atoms with E-state index in [1.54, 1.807) is 0 Å². The summed E-state index contributed by atoms with van der Waals surface area (Å²) in [6.07, 6.45) is 12.2. The summed E-state index contributed by atoms with van der Waals surface area (Å²) < 4.78 is 0. The van der Waals surface area contributed by atoms with Gasteiger partial charge in [0.2, 0.25) is 0 Å². The van der Waals surface area contributed by atoms with E-state index in [4.69, 9.17) is 9.97 Å². The number of benzene rings is 1. The van der Waals surface area contributed by atoms with E-state index in [-0.39, 0.29) is 5.54 Å². The molecule has 2 aliphatic carbocycles. The first kappa shape index (κ1) is 21.4. The van der Waals surface area contributed by atoms with Gasteiger partial charge in [0, 0.05) is 24.3 Å². The molecule has 0 saturated heterocycles. The molecule has 1 fully saturated rings. The number of H-pyrrole nitrogens is 1. The maximum absolute atomic E-state index is 4.93. The number of hydrogen-bond donors (Lipinski definition) is 2. The number of imidazole rings is 1. The van der Waals surface area contributed by atoms with Crippen molar-refractivity contribution in [3.05, 3.63) is 72.3 Å². The monoisotopic (exact) mass is 429 g/mol. The van der Waals surface area contributed by atoms with Crippen molar-refractivity contribution >= 4 is 11.0 Å². The Morgan fingerprint density at radius 3 is 2.84 bits per heavy atom. The standard InChI is InChI=1S/C27H35N5/c1-3-17-29-27(2)15-13-21(14-16-27)32(19-25-30-22-10-4-5-11-23(22)31-25)24-12-6-8-20-9-7-18-28-26(20)24/h3-5,7,9-11,18,21,24,29H,1,6,8,12-17,19H2,2H3,(H,30,31)/t21-,24?,27-. The molecule has 3 aromatic rings. The molecule has 1 unspecified atom stereocenters. The van der Waals surface area contributed by atoms with Crippen LogP contribution in [0.3, 0.4) is 0 Å². The van der Waals surface area contributed by atoms with Crippen molar-refractivity contribution in [2.75, 3.05) is 6.54 Å². The topological polar surface area (TPSA) is 56.8 Å². The number of nitrogens with one attached hydrogen (secondary N) is 2. The van der Waals surface area contributed by atoms with Gasteiger partial charge in [0.15, 0.2) is 0 Å². The normalized spacial score (nSPS) is 25.7. The molecule has 5 nitrogen and oxygen atoms in total. The second-order valence-electron chi connectivity index (χ2n) is 9.79. The third kappa shape index (κ3) is 4.37. The molecule has 1 atom stereocenters. The minimum atomic E-state index is 0.207. The molecule has 0 radical (unpaired) electrons. The van der Waals surface area contributed by atoms with E-state index < -0.39 is 0 Å². The summed E-state index contributed by atoms with van der Waals surface area (Å²) in [6.45, 7) is 7.97. The molecule has 1 saturated carbocycles. The minimum Gasteiger partial charge on any atom is -0.341 e.